The summed E-state index contributed by atoms with van der Waals surface area (Å²) in [6, 6.07) is 5.86. The molecule has 2 heterocycles. The van der Waals surface area contributed by atoms with E-state index < -0.39 is 20.8 Å². The fraction of sp³-hybridized carbons (Fsp3) is 0.375. The Labute approximate surface area is 171 Å². The summed E-state index contributed by atoms with van der Waals surface area (Å²) in [7, 11) is -3.60. The van der Waals surface area contributed by atoms with Crippen molar-refractivity contribution in [3.8, 4) is 0 Å². The second-order valence-corrected chi connectivity index (χ2v) is 8.50. The van der Waals surface area contributed by atoms with Crippen LogP contribution in [0.4, 0.5) is 11.5 Å². The number of carbonyl (C=O) groups is 1. The van der Waals surface area contributed by atoms with Gasteiger partial charge in [0.25, 0.3) is 0 Å². The molecule has 0 atom stereocenters. The van der Waals surface area contributed by atoms with Gasteiger partial charge in [-0.1, -0.05) is 11.6 Å². The Kier molecular flexibility index (Phi) is 6.47. The van der Waals surface area contributed by atoms with E-state index in [2.05, 4.69) is 10.4 Å². The highest BCUT2D eigenvalue weighted by molar-refractivity contribution is 7.89. The minimum atomic E-state index is -3.60. The first-order chi connectivity index (χ1) is 13.8. The zero-order valence-electron chi connectivity index (χ0n) is 15.2. The van der Waals surface area contributed by atoms with E-state index in [4.69, 9.17) is 16.3 Å². The molecule has 1 amide bonds. The minimum absolute atomic E-state index is 0.00297. The van der Waals surface area contributed by atoms with Crippen LogP contribution in [0.15, 0.2) is 35.4 Å². The van der Waals surface area contributed by atoms with Gasteiger partial charge in [0.2, 0.25) is 15.9 Å². The van der Waals surface area contributed by atoms with Crippen LogP contribution in [-0.4, -0.2) is 59.6 Å². The van der Waals surface area contributed by atoms with Gasteiger partial charge in [-0.2, -0.15) is 8.99 Å². The quantitative estimate of drug-likeness (QED) is 0.505. The summed E-state index contributed by atoms with van der Waals surface area (Å²) in [6.45, 7) is 1.42. The second kappa shape index (κ2) is 8.86. The molecule has 1 aliphatic rings. The number of halogens is 1. The SMILES string of the molecule is O=C(CCn1cc(Cl)c([N+](=O)[O-])n1)Nc1ccc(S(=O)(=O)N2CCOCC2)cc1. The molecule has 0 spiro atoms. The summed E-state index contributed by atoms with van der Waals surface area (Å²) in [5.41, 5.74) is 0.431. The number of nitrogens with zero attached hydrogens (tertiary/aromatic N) is 4. The van der Waals surface area contributed by atoms with Gasteiger partial charge in [-0.05, 0) is 29.2 Å². The van der Waals surface area contributed by atoms with Crippen molar-refractivity contribution in [2.45, 2.75) is 17.9 Å². The molecule has 0 aliphatic carbocycles. The summed E-state index contributed by atoms with van der Waals surface area (Å²) < 4.78 is 32.9. The standard InChI is InChI=1S/C16H18ClN5O6S/c17-14-11-20(19-16(14)22(24)25)6-5-15(23)18-12-1-3-13(4-2-12)29(26,27)21-7-9-28-10-8-21/h1-4,11H,5-10H2,(H,18,23). The molecule has 2 aromatic rings. The molecule has 3 rings (SSSR count). The average molecular weight is 444 g/mol. The lowest BCUT2D eigenvalue weighted by Gasteiger charge is -2.26. The zero-order valence-corrected chi connectivity index (χ0v) is 16.7. The van der Waals surface area contributed by atoms with Crippen LogP contribution in [0.2, 0.25) is 5.02 Å². The number of amides is 1. The maximum absolute atomic E-state index is 12.6. The number of benzene rings is 1. The molecule has 1 saturated heterocycles. The lowest BCUT2D eigenvalue weighted by atomic mass is 10.3. The van der Waals surface area contributed by atoms with Gasteiger partial charge in [0.05, 0.1) is 35.9 Å². The van der Waals surface area contributed by atoms with Crippen LogP contribution in [0, 0.1) is 10.1 Å². The number of morpholine rings is 1. The fourth-order valence-corrected chi connectivity index (χ4v) is 4.34. The van der Waals surface area contributed by atoms with Crippen molar-refractivity contribution in [2.24, 2.45) is 0 Å². The molecule has 0 bridgehead atoms. The molecule has 1 aromatic heterocycles. The van der Waals surface area contributed by atoms with Gasteiger partial charge in [0.1, 0.15) is 0 Å². The lowest BCUT2D eigenvalue weighted by Crippen LogP contribution is -2.40. The maximum Gasteiger partial charge on any atom is 0.408 e. The molecule has 1 aromatic carbocycles. The van der Waals surface area contributed by atoms with Crippen molar-refractivity contribution in [1.82, 2.24) is 14.1 Å². The number of anilines is 1. The normalized spacial score (nSPS) is 15.2. The molecule has 13 heteroatoms. The van der Waals surface area contributed by atoms with Crippen molar-refractivity contribution in [1.29, 1.82) is 0 Å². The smallest absolute Gasteiger partial charge is 0.379 e. The van der Waals surface area contributed by atoms with E-state index in [1.165, 1.54) is 39.4 Å². The molecule has 11 nitrogen and oxygen atoms in total. The molecule has 156 valence electrons. The predicted molar refractivity (Wildman–Crippen MR) is 103 cm³/mol. The van der Waals surface area contributed by atoms with Crippen LogP contribution in [0.3, 0.4) is 0 Å². The highest BCUT2D eigenvalue weighted by Gasteiger charge is 2.26. The molecular weight excluding hydrogens is 426 g/mol. The number of aromatic nitrogens is 2. The lowest BCUT2D eigenvalue weighted by molar-refractivity contribution is -0.389. The van der Waals surface area contributed by atoms with Crippen molar-refractivity contribution >= 4 is 39.0 Å². The Morgan fingerprint density at radius 3 is 2.52 bits per heavy atom. The van der Waals surface area contributed by atoms with Crippen LogP contribution in [0.25, 0.3) is 0 Å². The van der Waals surface area contributed by atoms with Gasteiger partial charge in [-0.25, -0.2) is 8.42 Å². The number of aryl methyl sites for hydroxylation is 1. The first kappa shape index (κ1) is 21.2. The summed E-state index contributed by atoms with van der Waals surface area (Å²) >= 11 is 5.71. The Morgan fingerprint density at radius 2 is 1.93 bits per heavy atom. The van der Waals surface area contributed by atoms with E-state index in [0.717, 1.165) is 0 Å². The Balaban J connectivity index is 1.57. The van der Waals surface area contributed by atoms with Gasteiger partial charge < -0.3 is 20.2 Å². The van der Waals surface area contributed by atoms with Crippen molar-refractivity contribution in [2.75, 3.05) is 31.6 Å². The number of carbonyl (C=O) groups excluding carboxylic acids is 1. The molecular formula is C16H18ClN5O6S. The highest BCUT2D eigenvalue weighted by Crippen LogP contribution is 2.22. The van der Waals surface area contributed by atoms with Crippen molar-refractivity contribution < 1.29 is 22.9 Å². The number of ether oxygens (including phenoxy) is 1. The van der Waals surface area contributed by atoms with E-state index in [9.17, 15) is 23.3 Å². The minimum Gasteiger partial charge on any atom is -0.379 e. The third-order valence-electron chi connectivity index (χ3n) is 4.19. The Morgan fingerprint density at radius 1 is 1.28 bits per heavy atom. The van der Waals surface area contributed by atoms with Crippen molar-refractivity contribution in [3.05, 3.63) is 45.6 Å². The summed E-state index contributed by atoms with van der Waals surface area (Å²) in [4.78, 5) is 22.2. The largest absolute Gasteiger partial charge is 0.408 e. The third kappa shape index (κ3) is 5.09. The number of nitro groups is 1. The van der Waals surface area contributed by atoms with Crippen LogP contribution in [0.5, 0.6) is 0 Å². The van der Waals surface area contributed by atoms with E-state index >= 15 is 0 Å². The van der Waals surface area contributed by atoms with Crippen molar-refractivity contribution in [3.63, 3.8) is 0 Å². The third-order valence-corrected chi connectivity index (χ3v) is 6.37. The van der Waals surface area contributed by atoms with Gasteiger partial charge in [-0.3, -0.25) is 4.79 Å². The molecule has 0 unspecified atom stereocenters. The van der Waals surface area contributed by atoms with Gasteiger partial charge in [-0.15, -0.1) is 0 Å². The number of nitrogens with one attached hydrogen (secondary N) is 1. The summed E-state index contributed by atoms with van der Waals surface area (Å²) in [6.07, 6.45) is 1.28. The van der Waals surface area contributed by atoms with Crippen LogP contribution in [-0.2, 0) is 26.1 Å². The monoisotopic (exact) mass is 443 g/mol. The molecule has 29 heavy (non-hydrogen) atoms. The fourth-order valence-electron chi connectivity index (χ4n) is 2.71. The zero-order chi connectivity index (χ0) is 21.0. The summed E-state index contributed by atoms with van der Waals surface area (Å²) in [5.74, 6) is -0.827. The Hall–Kier alpha value is -2.54. The number of sulfonamides is 1. The highest BCUT2D eigenvalue weighted by atomic mass is 35.5. The summed E-state index contributed by atoms with van der Waals surface area (Å²) in [5, 5.41) is 17.0. The number of rotatable bonds is 7. The van der Waals surface area contributed by atoms with E-state index in [1.54, 1.807) is 0 Å². The topological polar surface area (TPSA) is 137 Å². The number of hydrogen-bond acceptors (Lipinski definition) is 7. The van der Waals surface area contributed by atoms with Gasteiger partial charge in [0.15, 0.2) is 5.02 Å². The second-order valence-electron chi connectivity index (χ2n) is 6.16. The van der Waals surface area contributed by atoms with E-state index in [1.807, 2.05) is 0 Å². The average Bonchev–Trinajstić information content (AvgIpc) is 3.08. The van der Waals surface area contributed by atoms with Crippen LogP contribution < -0.4 is 5.32 Å². The maximum atomic E-state index is 12.6. The first-order valence-corrected chi connectivity index (χ1v) is 10.4. The van der Waals surface area contributed by atoms with E-state index in [-0.39, 0.29) is 28.8 Å². The first-order valence-electron chi connectivity index (χ1n) is 8.62. The van der Waals surface area contributed by atoms with Gasteiger partial charge >= 0.3 is 5.82 Å². The Bertz CT molecular complexity index is 1000. The predicted octanol–water partition coefficient (Wildman–Crippen LogP) is 1.49. The van der Waals surface area contributed by atoms with E-state index in [0.29, 0.717) is 32.0 Å². The molecule has 0 radical (unpaired) electrons. The van der Waals surface area contributed by atoms with Gasteiger partial charge in [0, 0.05) is 25.2 Å². The molecule has 0 saturated carbocycles. The number of hydrogen-bond donors (Lipinski definition) is 1. The molecule has 1 aliphatic heterocycles. The van der Waals surface area contributed by atoms with Crippen LogP contribution in [0.1, 0.15) is 6.42 Å². The molecule has 1 N–H and O–H groups in total. The van der Waals surface area contributed by atoms with Crippen LogP contribution >= 0.6 is 11.6 Å². The molecule has 1 fully saturated rings.